The molecule has 0 spiro atoms. The number of rotatable bonds is 5. The Kier molecular flexibility index (Phi) is 5.31. The lowest BCUT2D eigenvalue weighted by molar-refractivity contribution is 0.547. The predicted octanol–water partition coefficient (Wildman–Crippen LogP) is 4.24. The van der Waals surface area contributed by atoms with Crippen LogP contribution in [0.25, 0.3) is 0 Å². The van der Waals surface area contributed by atoms with Crippen LogP contribution in [0.4, 0.5) is 0 Å². The first-order valence-corrected chi connectivity index (χ1v) is 7.87. The summed E-state index contributed by atoms with van der Waals surface area (Å²) >= 11 is 12.2. The summed E-state index contributed by atoms with van der Waals surface area (Å²) in [7, 11) is 1.98. The summed E-state index contributed by atoms with van der Waals surface area (Å²) in [5.41, 5.74) is 4.72. The van der Waals surface area contributed by atoms with Gasteiger partial charge < -0.3 is 5.32 Å². The zero-order valence-electron chi connectivity index (χ0n) is 12.9. The number of halogens is 2. The summed E-state index contributed by atoms with van der Waals surface area (Å²) in [6.07, 6.45) is 0.886. The lowest BCUT2D eigenvalue weighted by atomic mass is 9.97. The number of benzene rings is 1. The van der Waals surface area contributed by atoms with Crippen LogP contribution in [0.2, 0.25) is 10.0 Å². The standard InChI is InChI=1S/C16H21Cl2N3/c1-5-19-16(12-6-7-14(17)15(18)8-12)9-13-10(2)20-21(4)11(13)3/h6-8,16,19H,5,9H2,1-4H3. The minimum atomic E-state index is 0.200. The van der Waals surface area contributed by atoms with Crippen molar-refractivity contribution in [2.45, 2.75) is 33.2 Å². The van der Waals surface area contributed by atoms with Crippen LogP contribution in [-0.4, -0.2) is 16.3 Å². The van der Waals surface area contributed by atoms with E-state index in [1.54, 1.807) is 0 Å². The van der Waals surface area contributed by atoms with Gasteiger partial charge in [0.05, 0.1) is 15.7 Å². The Balaban J connectivity index is 2.32. The van der Waals surface area contributed by atoms with Crippen molar-refractivity contribution in [2.24, 2.45) is 7.05 Å². The highest BCUT2D eigenvalue weighted by molar-refractivity contribution is 6.42. The average Bonchev–Trinajstić information content (AvgIpc) is 2.68. The quantitative estimate of drug-likeness (QED) is 0.891. The van der Waals surface area contributed by atoms with Crippen LogP contribution in [0, 0.1) is 13.8 Å². The fourth-order valence-electron chi connectivity index (χ4n) is 2.60. The SMILES string of the molecule is CCNC(Cc1c(C)nn(C)c1C)c1ccc(Cl)c(Cl)c1. The van der Waals surface area contributed by atoms with Gasteiger partial charge in [0, 0.05) is 18.8 Å². The molecule has 0 aliphatic carbocycles. The molecule has 0 radical (unpaired) electrons. The molecular weight excluding hydrogens is 305 g/mol. The molecule has 1 aromatic heterocycles. The van der Waals surface area contributed by atoms with Crippen LogP contribution in [0.15, 0.2) is 18.2 Å². The highest BCUT2D eigenvalue weighted by atomic mass is 35.5. The Labute approximate surface area is 136 Å². The normalized spacial score (nSPS) is 12.7. The van der Waals surface area contributed by atoms with Crippen LogP contribution in [0.3, 0.4) is 0 Å². The number of aromatic nitrogens is 2. The van der Waals surface area contributed by atoms with E-state index in [1.165, 1.54) is 11.3 Å². The van der Waals surface area contributed by atoms with Crippen LogP contribution in [0.1, 0.15) is 35.5 Å². The summed E-state index contributed by atoms with van der Waals surface area (Å²) in [6.45, 7) is 7.16. The van der Waals surface area contributed by atoms with E-state index in [0.29, 0.717) is 10.0 Å². The number of hydrogen-bond acceptors (Lipinski definition) is 2. The molecule has 0 amide bonds. The van der Waals surface area contributed by atoms with E-state index in [-0.39, 0.29) is 6.04 Å². The van der Waals surface area contributed by atoms with Gasteiger partial charge in [-0.15, -0.1) is 0 Å². The summed E-state index contributed by atoms with van der Waals surface area (Å²) in [5.74, 6) is 0. The number of aryl methyl sites for hydroxylation is 2. The largest absolute Gasteiger partial charge is 0.310 e. The van der Waals surface area contributed by atoms with Gasteiger partial charge in [0.25, 0.3) is 0 Å². The maximum atomic E-state index is 6.15. The molecule has 0 fully saturated rings. The second-order valence-electron chi connectivity index (χ2n) is 5.26. The van der Waals surface area contributed by atoms with Crippen LogP contribution < -0.4 is 5.32 Å². The van der Waals surface area contributed by atoms with Crippen LogP contribution >= 0.6 is 23.2 Å². The first-order valence-electron chi connectivity index (χ1n) is 7.11. The maximum absolute atomic E-state index is 6.15. The monoisotopic (exact) mass is 325 g/mol. The van der Waals surface area contributed by atoms with Gasteiger partial charge in [-0.25, -0.2) is 0 Å². The first-order chi connectivity index (χ1) is 9.93. The second-order valence-corrected chi connectivity index (χ2v) is 6.08. The number of hydrogen-bond donors (Lipinski definition) is 1. The van der Waals surface area contributed by atoms with Gasteiger partial charge in [-0.1, -0.05) is 36.2 Å². The number of nitrogens with zero attached hydrogens (tertiary/aromatic N) is 2. The van der Waals surface area contributed by atoms with E-state index in [2.05, 4.69) is 31.2 Å². The third-order valence-corrected chi connectivity index (χ3v) is 4.60. The number of nitrogens with one attached hydrogen (secondary N) is 1. The van der Waals surface area contributed by atoms with Crippen LogP contribution in [-0.2, 0) is 13.5 Å². The molecule has 1 N–H and O–H groups in total. The maximum Gasteiger partial charge on any atom is 0.0629 e. The fraction of sp³-hybridized carbons (Fsp3) is 0.438. The molecule has 2 rings (SSSR count). The van der Waals surface area contributed by atoms with E-state index in [4.69, 9.17) is 23.2 Å². The van der Waals surface area contributed by atoms with Crippen molar-refractivity contribution in [1.82, 2.24) is 15.1 Å². The lowest BCUT2D eigenvalue weighted by Gasteiger charge is -2.19. The van der Waals surface area contributed by atoms with Crippen molar-refractivity contribution in [1.29, 1.82) is 0 Å². The van der Waals surface area contributed by atoms with E-state index in [0.717, 1.165) is 24.2 Å². The van der Waals surface area contributed by atoms with Crippen molar-refractivity contribution >= 4 is 23.2 Å². The molecule has 0 saturated heterocycles. The highest BCUT2D eigenvalue weighted by Crippen LogP contribution is 2.28. The highest BCUT2D eigenvalue weighted by Gasteiger charge is 2.17. The van der Waals surface area contributed by atoms with Crippen LogP contribution in [0.5, 0.6) is 0 Å². The summed E-state index contributed by atoms with van der Waals surface area (Å²) in [6, 6.07) is 6.03. The van der Waals surface area contributed by atoms with E-state index >= 15 is 0 Å². The molecule has 1 aromatic carbocycles. The minimum absolute atomic E-state index is 0.200. The van der Waals surface area contributed by atoms with Crippen molar-refractivity contribution in [3.8, 4) is 0 Å². The Morgan fingerprint density at radius 3 is 2.48 bits per heavy atom. The van der Waals surface area contributed by atoms with Crippen molar-refractivity contribution in [3.05, 3.63) is 50.8 Å². The first kappa shape index (κ1) is 16.3. The molecule has 21 heavy (non-hydrogen) atoms. The molecule has 1 unspecified atom stereocenters. The van der Waals surface area contributed by atoms with E-state index in [1.807, 2.05) is 29.9 Å². The minimum Gasteiger partial charge on any atom is -0.310 e. The zero-order chi connectivity index (χ0) is 15.6. The Morgan fingerprint density at radius 1 is 1.24 bits per heavy atom. The zero-order valence-corrected chi connectivity index (χ0v) is 14.4. The van der Waals surface area contributed by atoms with Gasteiger partial charge in [-0.2, -0.15) is 5.10 Å². The third-order valence-electron chi connectivity index (χ3n) is 3.86. The van der Waals surface area contributed by atoms with E-state index < -0.39 is 0 Å². The van der Waals surface area contributed by atoms with Gasteiger partial charge in [0.15, 0.2) is 0 Å². The molecule has 2 aromatic rings. The molecule has 0 aliphatic rings. The lowest BCUT2D eigenvalue weighted by Crippen LogP contribution is -2.23. The number of likely N-dealkylation sites (N-methyl/N-ethyl adjacent to an activating group) is 1. The predicted molar refractivity (Wildman–Crippen MR) is 89.3 cm³/mol. The van der Waals surface area contributed by atoms with E-state index in [9.17, 15) is 0 Å². The molecule has 5 heteroatoms. The second kappa shape index (κ2) is 6.82. The Hall–Kier alpha value is -1.03. The fourth-order valence-corrected chi connectivity index (χ4v) is 2.91. The molecule has 114 valence electrons. The topological polar surface area (TPSA) is 29.9 Å². The van der Waals surface area contributed by atoms with Crippen molar-refractivity contribution in [2.75, 3.05) is 6.54 Å². The summed E-state index contributed by atoms with van der Waals surface area (Å²) < 4.78 is 1.93. The van der Waals surface area contributed by atoms with Crippen molar-refractivity contribution < 1.29 is 0 Å². The Bertz CT molecular complexity index is 635. The summed E-state index contributed by atoms with van der Waals surface area (Å²) in [4.78, 5) is 0. The molecule has 1 atom stereocenters. The van der Waals surface area contributed by atoms with Gasteiger partial charge in [0.1, 0.15) is 0 Å². The average molecular weight is 326 g/mol. The molecule has 0 aliphatic heterocycles. The molecule has 0 bridgehead atoms. The molecule has 3 nitrogen and oxygen atoms in total. The third kappa shape index (κ3) is 3.60. The molecule has 0 saturated carbocycles. The van der Waals surface area contributed by atoms with Gasteiger partial charge in [-0.05, 0) is 50.1 Å². The summed E-state index contributed by atoms with van der Waals surface area (Å²) in [5, 5.41) is 9.19. The van der Waals surface area contributed by atoms with Crippen molar-refractivity contribution in [3.63, 3.8) is 0 Å². The molecule has 1 heterocycles. The van der Waals surface area contributed by atoms with Gasteiger partial charge >= 0.3 is 0 Å². The Morgan fingerprint density at radius 2 is 1.95 bits per heavy atom. The smallest absolute Gasteiger partial charge is 0.0629 e. The van der Waals surface area contributed by atoms with Gasteiger partial charge in [-0.3, -0.25) is 4.68 Å². The molecular formula is C16H21Cl2N3. The van der Waals surface area contributed by atoms with Gasteiger partial charge in [0.2, 0.25) is 0 Å².